The zero-order valence-electron chi connectivity index (χ0n) is 9.95. The number of rotatable bonds is 0. The van der Waals surface area contributed by atoms with Crippen molar-refractivity contribution < 1.29 is 29.1 Å². The van der Waals surface area contributed by atoms with E-state index < -0.39 is 0 Å². The second-order valence-corrected chi connectivity index (χ2v) is 2.92. The molecule has 0 spiro atoms. The van der Waals surface area contributed by atoms with Crippen LogP contribution < -0.4 is 0 Å². The molecule has 1 rings (SSSR count). The first-order chi connectivity index (χ1) is 7.13. The Morgan fingerprint density at radius 2 is 1.25 bits per heavy atom. The fraction of sp³-hybridized carbons (Fsp3) is 0.364. The Balaban J connectivity index is -0.0000000702. The first kappa shape index (κ1) is 24.3. The molecule has 0 amide bonds. The molecule has 1 heterocycles. The van der Waals surface area contributed by atoms with Gasteiger partial charge < -0.3 is 15.5 Å². The molecule has 0 aliphatic carbocycles. The molecule has 0 saturated heterocycles. The predicted octanol–water partition coefficient (Wildman–Crippen LogP) is 1.85. The fourth-order valence-electron chi connectivity index (χ4n) is 0.374. The minimum absolute atomic E-state index is 0. The van der Waals surface area contributed by atoms with Crippen LogP contribution in [0.15, 0.2) is 18.7 Å². The van der Waals surface area contributed by atoms with Gasteiger partial charge in [-0.05, 0) is 12.5 Å². The summed E-state index contributed by atoms with van der Waals surface area (Å²) >= 11 is 0. The summed E-state index contributed by atoms with van der Waals surface area (Å²) in [4.78, 5) is 23.0. The van der Waals surface area contributed by atoms with Crippen LogP contribution in [0.3, 0.4) is 0 Å². The van der Waals surface area contributed by atoms with Gasteiger partial charge in [0, 0.05) is 12.4 Å². The first-order valence-corrected chi connectivity index (χ1v) is 4.08. The van der Waals surface area contributed by atoms with Crippen molar-refractivity contribution in [2.45, 2.75) is 27.7 Å². The molecule has 0 aliphatic heterocycles. The van der Waals surface area contributed by atoms with Crippen molar-refractivity contribution in [2.75, 3.05) is 0 Å². The average molecular weight is 310 g/mol. The Kier molecular flexibility index (Phi) is 36.0. The summed E-state index contributed by atoms with van der Waals surface area (Å²) in [6.45, 7) is 14.7. The van der Waals surface area contributed by atoms with Gasteiger partial charge in [-0.1, -0.05) is 0 Å². The van der Waals surface area contributed by atoms with Crippen LogP contribution in [0, 0.1) is 12.8 Å². The average Bonchev–Trinajstić information content (AvgIpc) is 2.24. The van der Waals surface area contributed by atoms with Gasteiger partial charge in [0.05, 0.1) is 0 Å². The summed E-state index contributed by atoms with van der Waals surface area (Å²) in [6, 6.07) is 0. The van der Waals surface area contributed by atoms with Crippen LogP contribution in [0.25, 0.3) is 0 Å². The first-order valence-electron chi connectivity index (χ1n) is 4.08. The summed E-state index contributed by atoms with van der Waals surface area (Å²) in [6.07, 6.45) is 5.06. The molecule has 0 atom stereocenters. The Bertz CT molecular complexity index is 204. The topological polar surface area (TPSA) is 59.9 Å². The molecule has 91 valence electrons. The van der Waals surface area contributed by atoms with Crippen molar-refractivity contribution >= 4 is 13.6 Å². The van der Waals surface area contributed by atoms with Gasteiger partial charge in [0.2, 0.25) is 0 Å². The van der Waals surface area contributed by atoms with E-state index in [1.165, 1.54) is 12.2 Å². The molecular weight excluding hydrogens is 293 g/mol. The molecule has 0 aliphatic rings. The normalized spacial score (nSPS) is 6.56. The van der Waals surface area contributed by atoms with Crippen LogP contribution in [0.5, 0.6) is 0 Å². The Morgan fingerprint density at radius 1 is 1.00 bits per heavy atom. The standard InChI is InChI=1S/C5H6N2.C4H9.2CHO.Ru/c1-5-2-6-4-7-3-5;1-4(2)3;2*1-2;/h2-4H,1H3;1-3H3;2*1H;/q;3*-1;+3. The number of carbonyl (C=O) groups excluding carboxylic acids is 2. The fourth-order valence-corrected chi connectivity index (χ4v) is 0.374. The van der Waals surface area contributed by atoms with Gasteiger partial charge in [-0.2, -0.15) is 20.8 Å². The van der Waals surface area contributed by atoms with E-state index in [4.69, 9.17) is 9.59 Å². The number of hydrogen-bond donors (Lipinski definition) is 0. The van der Waals surface area contributed by atoms with E-state index in [1.807, 2.05) is 6.92 Å². The van der Waals surface area contributed by atoms with E-state index in [0.29, 0.717) is 0 Å². The summed E-state index contributed by atoms with van der Waals surface area (Å²) in [5.74, 6) is 1.42. The van der Waals surface area contributed by atoms with Crippen LogP contribution in [-0.2, 0) is 29.1 Å². The maximum Gasteiger partial charge on any atom is 3.00 e. The maximum absolute atomic E-state index is 7.75. The second kappa shape index (κ2) is 23.7. The third-order valence-corrected chi connectivity index (χ3v) is 0.690. The van der Waals surface area contributed by atoms with Gasteiger partial charge in [-0.25, -0.2) is 9.97 Å². The van der Waals surface area contributed by atoms with E-state index in [2.05, 4.69) is 44.3 Å². The molecule has 1 aromatic rings. The Hall–Kier alpha value is -0.957. The van der Waals surface area contributed by atoms with Gasteiger partial charge in [0.15, 0.2) is 0 Å². The van der Waals surface area contributed by atoms with Crippen molar-refractivity contribution in [3.05, 3.63) is 30.2 Å². The van der Waals surface area contributed by atoms with Crippen LogP contribution in [0.1, 0.15) is 26.3 Å². The molecule has 1 radical (unpaired) electrons. The quantitative estimate of drug-likeness (QED) is 0.417. The third-order valence-electron chi connectivity index (χ3n) is 0.690. The van der Waals surface area contributed by atoms with Gasteiger partial charge in [-0.15, -0.1) is 0 Å². The third kappa shape index (κ3) is 38.1. The molecule has 5 heteroatoms. The molecule has 0 fully saturated rings. The van der Waals surface area contributed by atoms with Crippen molar-refractivity contribution in [3.8, 4) is 0 Å². The summed E-state index contributed by atoms with van der Waals surface area (Å²) in [5, 5.41) is 0. The molecule has 1 aromatic heterocycles. The molecule has 0 N–H and O–H groups in total. The van der Waals surface area contributed by atoms with E-state index in [9.17, 15) is 0 Å². The van der Waals surface area contributed by atoms with Gasteiger partial charge >= 0.3 is 19.5 Å². The minimum Gasteiger partial charge on any atom is -0.545 e. The smallest absolute Gasteiger partial charge is 0.545 e. The number of nitrogens with zero attached hydrogens (tertiary/aromatic N) is 2. The van der Waals surface area contributed by atoms with Crippen molar-refractivity contribution in [1.29, 1.82) is 0 Å². The van der Waals surface area contributed by atoms with Gasteiger partial charge in [-0.3, -0.25) is 13.6 Å². The zero-order chi connectivity index (χ0) is 12.7. The van der Waals surface area contributed by atoms with Gasteiger partial charge in [0.1, 0.15) is 6.33 Å². The monoisotopic (exact) mass is 311 g/mol. The SMILES string of the molecule is C[C-](C)C.Cc1cncnc1.[CH-]=O.[CH-]=O.[Ru+3]. The molecule has 0 unspecified atom stereocenters. The van der Waals surface area contributed by atoms with Crippen molar-refractivity contribution in [3.63, 3.8) is 0 Å². The van der Waals surface area contributed by atoms with Gasteiger partial charge in [0.25, 0.3) is 0 Å². The molecule has 0 bridgehead atoms. The van der Waals surface area contributed by atoms with E-state index >= 15 is 0 Å². The minimum atomic E-state index is 0. The van der Waals surface area contributed by atoms with Crippen LogP contribution in [-0.4, -0.2) is 23.5 Å². The number of aromatic nitrogens is 2. The molecule has 0 aromatic carbocycles. The molecule has 4 nitrogen and oxygen atoms in total. The maximum atomic E-state index is 7.75. The van der Waals surface area contributed by atoms with E-state index in [1.54, 1.807) is 12.4 Å². The van der Waals surface area contributed by atoms with E-state index in [0.717, 1.165) is 5.56 Å². The van der Waals surface area contributed by atoms with Crippen molar-refractivity contribution in [1.82, 2.24) is 9.97 Å². The van der Waals surface area contributed by atoms with Crippen molar-refractivity contribution in [2.24, 2.45) is 0 Å². The number of hydrogen-bond acceptors (Lipinski definition) is 4. The van der Waals surface area contributed by atoms with Crippen LogP contribution in [0.4, 0.5) is 0 Å². The van der Waals surface area contributed by atoms with E-state index in [-0.39, 0.29) is 19.5 Å². The summed E-state index contributed by atoms with van der Waals surface area (Å²) < 4.78 is 0. The summed E-state index contributed by atoms with van der Waals surface area (Å²) in [5.41, 5.74) is 1.10. The second-order valence-electron chi connectivity index (χ2n) is 2.92. The largest absolute Gasteiger partial charge is 3.00 e. The molecule has 16 heavy (non-hydrogen) atoms. The Labute approximate surface area is 111 Å². The van der Waals surface area contributed by atoms with Crippen LogP contribution in [0.2, 0.25) is 0 Å². The molecular formula is C11H17N2O2Ru. The predicted molar refractivity (Wildman–Crippen MR) is 60.5 cm³/mol. The van der Waals surface area contributed by atoms with Crippen LogP contribution >= 0.6 is 0 Å². The number of aryl methyl sites for hydroxylation is 1. The Morgan fingerprint density at radius 3 is 1.38 bits per heavy atom. The molecule has 0 saturated carbocycles. The summed E-state index contributed by atoms with van der Waals surface area (Å²) in [7, 11) is 0. The zero-order valence-corrected chi connectivity index (χ0v) is 11.7.